The average molecular weight is 436 g/mol. The van der Waals surface area contributed by atoms with Gasteiger partial charge in [0.2, 0.25) is 10.0 Å². The first-order valence-corrected chi connectivity index (χ1v) is 11.7. The summed E-state index contributed by atoms with van der Waals surface area (Å²) in [7, 11) is -3.79. The molecule has 2 heterocycles. The Bertz CT molecular complexity index is 1100. The zero-order valence-corrected chi connectivity index (χ0v) is 18.4. The van der Waals surface area contributed by atoms with Crippen molar-refractivity contribution in [2.24, 2.45) is 0 Å². The van der Waals surface area contributed by atoms with Crippen LogP contribution in [0.3, 0.4) is 0 Å². The molecule has 0 aliphatic rings. The first-order chi connectivity index (χ1) is 13.1. The molecule has 28 heavy (non-hydrogen) atoms. The Balaban J connectivity index is 1.90. The van der Waals surface area contributed by atoms with Crippen molar-refractivity contribution in [3.05, 3.63) is 52.3 Å². The van der Waals surface area contributed by atoms with E-state index in [1.54, 1.807) is 57.2 Å². The van der Waals surface area contributed by atoms with Crippen LogP contribution in [-0.4, -0.2) is 24.8 Å². The largest absolute Gasteiger partial charge is 0.320 e. The Morgan fingerprint density at radius 1 is 1.11 bits per heavy atom. The average Bonchev–Trinajstić information content (AvgIpc) is 3.22. The lowest BCUT2D eigenvalue weighted by atomic mass is 10.1. The molecule has 148 valence electrons. The van der Waals surface area contributed by atoms with E-state index in [1.165, 1.54) is 17.4 Å². The number of nitrogens with one attached hydrogen (secondary N) is 2. The highest BCUT2D eigenvalue weighted by molar-refractivity contribution is 7.89. The topological polar surface area (TPSA) is 88.2 Å². The van der Waals surface area contributed by atoms with E-state index in [-0.39, 0.29) is 16.5 Å². The lowest BCUT2D eigenvalue weighted by molar-refractivity contribution is 0.102. The third-order valence-corrected chi connectivity index (χ3v) is 7.61. The zero-order chi connectivity index (χ0) is 20.5. The standard InChI is InChI=1S/C19H21N3O3S3/c1-12-16(27-18(20-12)14-9-7-11-26-14)17(23)21-13-8-5-6-10-15(13)28(24,25)22-19(2,3)4/h5-11,22H,1-4H3,(H,21,23). The highest BCUT2D eigenvalue weighted by atomic mass is 32.2. The fourth-order valence-corrected chi connectivity index (χ4v) is 5.89. The molecule has 1 aromatic carbocycles. The van der Waals surface area contributed by atoms with Gasteiger partial charge in [0.05, 0.1) is 16.3 Å². The van der Waals surface area contributed by atoms with Crippen molar-refractivity contribution in [3.8, 4) is 9.88 Å². The molecule has 0 saturated carbocycles. The van der Waals surface area contributed by atoms with Gasteiger partial charge in [-0.05, 0) is 51.3 Å². The fourth-order valence-electron chi connectivity index (χ4n) is 2.55. The smallest absolute Gasteiger partial charge is 0.267 e. The summed E-state index contributed by atoms with van der Waals surface area (Å²) in [4.78, 5) is 18.8. The van der Waals surface area contributed by atoms with E-state index < -0.39 is 15.6 Å². The van der Waals surface area contributed by atoms with Crippen LogP contribution in [0.4, 0.5) is 5.69 Å². The van der Waals surface area contributed by atoms with Gasteiger partial charge in [0.15, 0.2) is 0 Å². The van der Waals surface area contributed by atoms with Gasteiger partial charge in [-0.15, -0.1) is 22.7 Å². The van der Waals surface area contributed by atoms with E-state index in [1.807, 2.05) is 17.5 Å². The van der Waals surface area contributed by atoms with Gasteiger partial charge < -0.3 is 5.32 Å². The number of aryl methyl sites for hydroxylation is 1. The number of sulfonamides is 1. The number of carbonyl (C=O) groups excluding carboxylic acids is 1. The molecule has 6 nitrogen and oxygen atoms in total. The summed E-state index contributed by atoms with van der Waals surface area (Å²) in [5.41, 5.74) is 0.202. The molecule has 0 spiro atoms. The summed E-state index contributed by atoms with van der Waals surface area (Å²) < 4.78 is 28.1. The van der Waals surface area contributed by atoms with Crippen molar-refractivity contribution in [1.82, 2.24) is 9.71 Å². The van der Waals surface area contributed by atoms with Crippen molar-refractivity contribution in [1.29, 1.82) is 0 Å². The number of hydrogen-bond donors (Lipinski definition) is 2. The highest BCUT2D eigenvalue weighted by Crippen LogP contribution is 2.32. The quantitative estimate of drug-likeness (QED) is 0.617. The van der Waals surface area contributed by atoms with E-state index >= 15 is 0 Å². The van der Waals surface area contributed by atoms with Crippen LogP contribution in [0.5, 0.6) is 0 Å². The number of carbonyl (C=O) groups is 1. The van der Waals surface area contributed by atoms with Gasteiger partial charge in [0, 0.05) is 5.54 Å². The second-order valence-electron chi connectivity index (χ2n) is 7.22. The number of para-hydroxylation sites is 1. The predicted molar refractivity (Wildman–Crippen MR) is 115 cm³/mol. The third kappa shape index (κ3) is 4.67. The van der Waals surface area contributed by atoms with Crippen LogP contribution in [0.25, 0.3) is 9.88 Å². The number of benzene rings is 1. The van der Waals surface area contributed by atoms with E-state index in [0.717, 1.165) is 9.88 Å². The van der Waals surface area contributed by atoms with Gasteiger partial charge in [-0.3, -0.25) is 4.79 Å². The maximum Gasteiger partial charge on any atom is 0.267 e. The lowest BCUT2D eigenvalue weighted by Crippen LogP contribution is -2.40. The SMILES string of the molecule is Cc1nc(-c2cccs2)sc1C(=O)Nc1ccccc1S(=O)(=O)NC(C)(C)C. The number of thiophene rings is 1. The molecular weight excluding hydrogens is 414 g/mol. The van der Waals surface area contributed by atoms with Gasteiger partial charge in [0.25, 0.3) is 5.91 Å². The Morgan fingerprint density at radius 2 is 1.82 bits per heavy atom. The number of amides is 1. The van der Waals surface area contributed by atoms with Crippen molar-refractivity contribution in [2.75, 3.05) is 5.32 Å². The Kier molecular flexibility index (Phi) is 5.72. The second-order valence-corrected chi connectivity index (χ2v) is 10.8. The molecule has 0 bridgehead atoms. The summed E-state index contributed by atoms with van der Waals surface area (Å²) in [5.74, 6) is -0.379. The monoisotopic (exact) mass is 435 g/mol. The molecule has 1 amide bonds. The number of nitrogens with zero attached hydrogens (tertiary/aromatic N) is 1. The minimum atomic E-state index is -3.79. The molecule has 2 aromatic heterocycles. The Morgan fingerprint density at radius 3 is 2.46 bits per heavy atom. The highest BCUT2D eigenvalue weighted by Gasteiger charge is 2.26. The maximum atomic E-state index is 12.8. The molecule has 3 rings (SSSR count). The van der Waals surface area contributed by atoms with Crippen LogP contribution in [0.15, 0.2) is 46.7 Å². The molecule has 9 heteroatoms. The predicted octanol–water partition coefficient (Wildman–Crippen LogP) is 4.51. The third-order valence-electron chi connectivity index (χ3n) is 3.60. The Hall–Kier alpha value is -2.07. The van der Waals surface area contributed by atoms with Crippen LogP contribution in [0.1, 0.15) is 36.1 Å². The molecule has 2 N–H and O–H groups in total. The number of anilines is 1. The summed E-state index contributed by atoms with van der Waals surface area (Å²) in [6, 6.07) is 10.2. The van der Waals surface area contributed by atoms with E-state index in [4.69, 9.17) is 0 Å². The van der Waals surface area contributed by atoms with Crippen molar-refractivity contribution < 1.29 is 13.2 Å². The van der Waals surface area contributed by atoms with Gasteiger partial charge >= 0.3 is 0 Å². The van der Waals surface area contributed by atoms with E-state index in [0.29, 0.717) is 10.6 Å². The molecule has 0 fully saturated rings. The summed E-state index contributed by atoms with van der Waals surface area (Å²) in [6.45, 7) is 7.06. The fraction of sp³-hybridized carbons (Fsp3) is 0.263. The molecule has 0 atom stereocenters. The number of aromatic nitrogens is 1. The van der Waals surface area contributed by atoms with Crippen molar-refractivity contribution in [3.63, 3.8) is 0 Å². The summed E-state index contributed by atoms with van der Waals surface area (Å²) in [6.07, 6.45) is 0. The van der Waals surface area contributed by atoms with Crippen molar-refractivity contribution in [2.45, 2.75) is 38.1 Å². The minimum absolute atomic E-state index is 0.0268. The van der Waals surface area contributed by atoms with Crippen molar-refractivity contribution >= 4 is 44.3 Å². The summed E-state index contributed by atoms with van der Waals surface area (Å²) >= 11 is 2.84. The second kappa shape index (κ2) is 7.75. The van der Waals surface area contributed by atoms with Crippen LogP contribution in [0.2, 0.25) is 0 Å². The first-order valence-electron chi connectivity index (χ1n) is 8.52. The molecule has 0 saturated heterocycles. The minimum Gasteiger partial charge on any atom is -0.320 e. The first kappa shape index (κ1) is 20.7. The van der Waals surface area contributed by atoms with E-state index in [2.05, 4.69) is 15.0 Å². The maximum absolute atomic E-state index is 12.8. The zero-order valence-electron chi connectivity index (χ0n) is 15.9. The lowest BCUT2D eigenvalue weighted by Gasteiger charge is -2.21. The molecule has 0 aliphatic carbocycles. The molecule has 0 aliphatic heterocycles. The molecule has 3 aromatic rings. The summed E-state index contributed by atoms with van der Waals surface area (Å²) in [5, 5.41) is 5.46. The van der Waals surface area contributed by atoms with Gasteiger partial charge in [0.1, 0.15) is 14.8 Å². The number of thiazole rings is 1. The van der Waals surface area contributed by atoms with Gasteiger partial charge in [-0.2, -0.15) is 0 Å². The number of hydrogen-bond acceptors (Lipinski definition) is 6. The molecule has 0 radical (unpaired) electrons. The van der Waals surface area contributed by atoms with E-state index in [9.17, 15) is 13.2 Å². The number of rotatable bonds is 5. The molecular formula is C19H21N3O3S3. The van der Waals surface area contributed by atoms with Crippen LogP contribution >= 0.6 is 22.7 Å². The Labute approximate surface area is 172 Å². The molecule has 0 unspecified atom stereocenters. The van der Waals surface area contributed by atoms with Crippen LogP contribution < -0.4 is 10.0 Å². The van der Waals surface area contributed by atoms with Crippen LogP contribution in [-0.2, 0) is 10.0 Å². The van der Waals surface area contributed by atoms with Crippen LogP contribution in [0, 0.1) is 6.92 Å². The van der Waals surface area contributed by atoms with Gasteiger partial charge in [-0.25, -0.2) is 18.1 Å². The van der Waals surface area contributed by atoms with Gasteiger partial charge in [-0.1, -0.05) is 18.2 Å². The normalized spacial score (nSPS) is 12.1.